The maximum Gasteiger partial charge on any atom is 0.162 e. The van der Waals surface area contributed by atoms with E-state index in [-0.39, 0.29) is 0 Å². The number of hydrogen-bond acceptors (Lipinski definition) is 4. The lowest BCUT2D eigenvalue weighted by Gasteiger charge is -2.09. The fourth-order valence-corrected chi connectivity index (χ4v) is 2.20. The second kappa shape index (κ2) is 4.85. The lowest BCUT2D eigenvalue weighted by molar-refractivity contribution is 1.20. The van der Waals surface area contributed by atoms with Gasteiger partial charge in [0.05, 0.1) is 27.1 Å². The highest BCUT2D eigenvalue weighted by molar-refractivity contribution is 6.44. The Morgan fingerprint density at radius 2 is 1.74 bits per heavy atom. The van der Waals surface area contributed by atoms with Gasteiger partial charge >= 0.3 is 0 Å². The quantitative estimate of drug-likeness (QED) is 0.700. The van der Waals surface area contributed by atoms with Crippen LogP contribution in [0.2, 0.25) is 15.1 Å². The molecule has 2 N–H and O–H groups in total. The molecule has 8 heteroatoms. The van der Waals surface area contributed by atoms with Crippen LogP contribution in [0.4, 0.5) is 11.5 Å². The zero-order valence-electron chi connectivity index (χ0n) is 9.28. The molecule has 0 saturated carbocycles. The number of aromatic nitrogens is 4. The van der Waals surface area contributed by atoms with Crippen molar-refractivity contribution in [2.75, 3.05) is 5.32 Å². The molecule has 0 saturated heterocycles. The minimum Gasteiger partial charge on any atom is -0.337 e. The molecule has 0 amide bonds. The van der Waals surface area contributed by atoms with Crippen LogP contribution < -0.4 is 5.32 Å². The molecule has 1 aromatic carbocycles. The number of hydrogen-bond donors (Lipinski definition) is 2. The molecular formula is C11H6Cl3N5. The molecule has 0 aliphatic heterocycles. The first-order valence-corrected chi connectivity index (χ1v) is 6.34. The molecule has 0 aliphatic carbocycles. The smallest absolute Gasteiger partial charge is 0.162 e. The topological polar surface area (TPSA) is 66.5 Å². The molecule has 0 aliphatic rings. The lowest BCUT2D eigenvalue weighted by Crippen LogP contribution is -1.96. The molecular weight excluding hydrogens is 309 g/mol. The SMILES string of the molecule is Clc1cc(Cl)c(Nc2ncnc3[nH]cnc23)cc1Cl. The van der Waals surface area contributed by atoms with Gasteiger partial charge in [0.1, 0.15) is 6.33 Å². The van der Waals surface area contributed by atoms with E-state index in [0.29, 0.717) is 37.7 Å². The van der Waals surface area contributed by atoms with E-state index in [0.717, 1.165) is 0 Å². The van der Waals surface area contributed by atoms with Crippen molar-refractivity contribution in [1.29, 1.82) is 0 Å². The van der Waals surface area contributed by atoms with Crippen molar-refractivity contribution in [1.82, 2.24) is 19.9 Å². The second-order valence-corrected chi connectivity index (χ2v) is 4.91. The van der Waals surface area contributed by atoms with Gasteiger partial charge in [0.25, 0.3) is 0 Å². The summed E-state index contributed by atoms with van der Waals surface area (Å²) in [7, 11) is 0. The van der Waals surface area contributed by atoms with Gasteiger partial charge in [-0.2, -0.15) is 0 Å². The van der Waals surface area contributed by atoms with Crippen molar-refractivity contribution in [3.63, 3.8) is 0 Å². The first-order valence-electron chi connectivity index (χ1n) is 5.21. The second-order valence-electron chi connectivity index (χ2n) is 3.69. The first-order chi connectivity index (χ1) is 9.15. The number of nitrogens with zero attached hydrogens (tertiary/aromatic N) is 3. The van der Waals surface area contributed by atoms with Crippen molar-refractivity contribution in [3.05, 3.63) is 39.9 Å². The molecule has 2 aromatic heterocycles. The summed E-state index contributed by atoms with van der Waals surface area (Å²) in [6, 6.07) is 3.20. The molecule has 0 spiro atoms. The number of aromatic amines is 1. The third kappa shape index (κ3) is 2.32. The van der Waals surface area contributed by atoms with Gasteiger partial charge < -0.3 is 10.3 Å². The normalized spacial score (nSPS) is 10.9. The summed E-state index contributed by atoms with van der Waals surface area (Å²) in [5.41, 5.74) is 1.84. The number of benzene rings is 1. The maximum absolute atomic E-state index is 6.10. The van der Waals surface area contributed by atoms with Crippen LogP contribution >= 0.6 is 34.8 Å². The molecule has 96 valence electrons. The van der Waals surface area contributed by atoms with E-state index in [2.05, 4.69) is 25.3 Å². The summed E-state index contributed by atoms with van der Waals surface area (Å²) in [4.78, 5) is 15.2. The predicted molar refractivity (Wildman–Crippen MR) is 76.4 cm³/mol. The lowest BCUT2D eigenvalue weighted by atomic mass is 10.3. The highest BCUT2D eigenvalue weighted by Crippen LogP contribution is 2.34. The van der Waals surface area contributed by atoms with E-state index >= 15 is 0 Å². The third-order valence-corrected chi connectivity index (χ3v) is 3.52. The Labute approximate surface area is 122 Å². The van der Waals surface area contributed by atoms with E-state index < -0.39 is 0 Å². The number of nitrogens with one attached hydrogen (secondary N) is 2. The van der Waals surface area contributed by atoms with Crippen LogP contribution in [-0.4, -0.2) is 19.9 Å². The van der Waals surface area contributed by atoms with Gasteiger partial charge in [0.15, 0.2) is 17.0 Å². The van der Waals surface area contributed by atoms with Crippen molar-refractivity contribution < 1.29 is 0 Å². The number of H-pyrrole nitrogens is 1. The molecule has 0 unspecified atom stereocenters. The van der Waals surface area contributed by atoms with E-state index in [1.54, 1.807) is 18.5 Å². The monoisotopic (exact) mass is 313 g/mol. The van der Waals surface area contributed by atoms with Crippen LogP contribution in [-0.2, 0) is 0 Å². The van der Waals surface area contributed by atoms with Crippen LogP contribution in [0.5, 0.6) is 0 Å². The minimum atomic E-state index is 0.393. The Morgan fingerprint density at radius 1 is 0.947 bits per heavy atom. The molecule has 3 aromatic rings. The van der Waals surface area contributed by atoms with Gasteiger partial charge in [-0.1, -0.05) is 34.8 Å². The number of halogens is 3. The van der Waals surface area contributed by atoms with Gasteiger partial charge in [-0.25, -0.2) is 15.0 Å². The molecule has 0 fully saturated rings. The average Bonchev–Trinajstić information content (AvgIpc) is 2.85. The van der Waals surface area contributed by atoms with E-state index in [4.69, 9.17) is 34.8 Å². The number of imidazole rings is 1. The van der Waals surface area contributed by atoms with Crippen molar-refractivity contribution in [2.24, 2.45) is 0 Å². The van der Waals surface area contributed by atoms with Crippen LogP contribution in [0.3, 0.4) is 0 Å². The van der Waals surface area contributed by atoms with Crippen molar-refractivity contribution in [2.45, 2.75) is 0 Å². The summed E-state index contributed by atoms with van der Waals surface area (Å²) in [6.07, 6.45) is 2.97. The zero-order valence-corrected chi connectivity index (χ0v) is 11.6. The fraction of sp³-hybridized carbons (Fsp3) is 0. The average molecular weight is 315 g/mol. The number of anilines is 2. The van der Waals surface area contributed by atoms with Crippen LogP contribution in [0.1, 0.15) is 0 Å². The third-order valence-electron chi connectivity index (χ3n) is 2.48. The molecule has 19 heavy (non-hydrogen) atoms. The Hall–Kier alpha value is -1.56. The minimum absolute atomic E-state index is 0.393. The molecule has 2 heterocycles. The Balaban J connectivity index is 2.06. The fourth-order valence-electron chi connectivity index (χ4n) is 1.60. The van der Waals surface area contributed by atoms with Crippen LogP contribution in [0.15, 0.2) is 24.8 Å². The standard InChI is InChI=1S/C11H6Cl3N5/c12-5-1-7(14)8(2-6(5)13)19-11-9-10(16-3-15-9)17-4-18-11/h1-4H,(H2,15,16,17,18,19). The molecule has 5 nitrogen and oxygen atoms in total. The summed E-state index contributed by atoms with van der Waals surface area (Å²) >= 11 is 17.9. The molecule has 0 atom stereocenters. The van der Waals surface area contributed by atoms with Gasteiger partial charge in [-0.3, -0.25) is 0 Å². The Kier molecular flexibility index (Phi) is 3.18. The number of rotatable bonds is 2. The van der Waals surface area contributed by atoms with Gasteiger partial charge in [0.2, 0.25) is 0 Å². The van der Waals surface area contributed by atoms with E-state index in [1.807, 2.05) is 0 Å². The van der Waals surface area contributed by atoms with E-state index in [9.17, 15) is 0 Å². The summed E-state index contributed by atoms with van der Waals surface area (Å²) < 4.78 is 0. The summed E-state index contributed by atoms with van der Waals surface area (Å²) in [6.45, 7) is 0. The summed E-state index contributed by atoms with van der Waals surface area (Å²) in [5.74, 6) is 0.534. The van der Waals surface area contributed by atoms with Gasteiger partial charge in [-0.05, 0) is 12.1 Å². The van der Waals surface area contributed by atoms with E-state index in [1.165, 1.54) is 6.33 Å². The highest BCUT2D eigenvalue weighted by atomic mass is 35.5. The van der Waals surface area contributed by atoms with Crippen LogP contribution in [0, 0.1) is 0 Å². The molecule has 0 radical (unpaired) electrons. The number of fused-ring (bicyclic) bond motifs is 1. The Bertz CT molecular complexity index is 755. The molecule has 3 rings (SSSR count). The van der Waals surface area contributed by atoms with Gasteiger partial charge in [0, 0.05) is 0 Å². The zero-order chi connectivity index (χ0) is 13.4. The van der Waals surface area contributed by atoms with Gasteiger partial charge in [-0.15, -0.1) is 0 Å². The molecule has 0 bridgehead atoms. The van der Waals surface area contributed by atoms with Crippen LogP contribution in [0.25, 0.3) is 11.2 Å². The largest absolute Gasteiger partial charge is 0.337 e. The maximum atomic E-state index is 6.10. The Morgan fingerprint density at radius 3 is 2.58 bits per heavy atom. The predicted octanol–water partition coefficient (Wildman–Crippen LogP) is 4.06. The van der Waals surface area contributed by atoms with Crippen molar-refractivity contribution in [3.8, 4) is 0 Å². The van der Waals surface area contributed by atoms with Crippen molar-refractivity contribution >= 4 is 57.5 Å². The first kappa shape index (κ1) is 12.5. The highest BCUT2D eigenvalue weighted by Gasteiger charge is 2.10. The summed E-state index contributed by atoms with van der Waals surface area (Å²) in [5, 5.41) is 4.30.